The maximum atomic E-state index is 4.78. The van der Waals surface area contributed by atoms with Crippen molar-refractivity contribution in [1.29, 1.82) is 0 Å². The topological polar surface area (TPSA) is 42.9 Å². The predicted octanol–water partition coefficient (Wildman–Crippen LogP) is 3.39. The molecule has 0 radical (unpaired) electrons. The van der Waals surface area contributed by atoms with Crippen molar-refractivity contribution in [3.63, 3.8) is 0 Å². The summed E-state index contributed by atoms with van der Waals surface area (Å²) in [6, 6.07) is 9.02. The van der Waals surface area contributed by atoms with Gasteiger partial charge < -0.3 is 15.5 Å². The standard InChI is InChI=1S/C22H37N5S.HI/c1-3-23-22(25-17-21-6-4-15-28-21)24-16-19-7-9-20(10-8-19)18-27-12-5-11-26(2)13-14-27;/h7-10,21H,3-6,11-18H2,1-2H3,(H2,23,24,25);1H. The van der Waals surface area contributed by atoms with Crippen molar-refractivity contribution in [3.05, 3.63) is 35.4 Å². The fourth-order valence-electron chi connectivity index (χ4n) is 3.79. The third kappa shape index (κ3) is 9.02. The van der Waals surface area contributed by atoms with Gasteiger partial charge in [-0.05, 0) is 63.2 Å². The van der Waals surface area contributed by atoms with Crippen LogP contribution in [0.1, 0.15) is 37.3 Å². The summed E-state index contributed by atoms with van der Waals surface area (Å²) in [4.78, 5) is 9.79. The predicted molar refractivity (Wildman–Crippen MR) is 138 cm³/mol. The van der Waals surface area contributed by atoms with E-state index in [1.54, 1.807) is 0 Å². The molecule has 0 aliphatic carbocycles. The number of nitrogens with zero attached hydrogens (tertiary/aromatic N) is 3. The van der Waals surface area contributed by atoms with Crippen LogP contribution in [-0.4, -0.2) is 73.1 Å². The van der Waals surface area contributed by atoms with Crippen molar-refractivity contribution in [3.8, 4) is 0 Å². The lowest BCUT2D eigenvalue weighted by Crippen LogP contribution is -2.40. The average molecular weight is 532 g/mol. The van der Waals surface area contributed by atoms with Crippen LogP contribution in [0.25, 0.3) is 0 Å². The lowest BCUT2D eigenvalue weighted by molar-refractivity contribution is 0.269. The molecular formula is C22H38IN5S. The molecule has 2 aliphatic heterocycles. The summed E-state index contributed by atoms with van der Waals surface area (Å²) in [5, 5.41) is 7.62. The summed E-state index contributed by atoms with van der Waals surface area (Å²) in [6.07, 6.45) is 3.94. The Bertz CT molecular complexity index is 604. The highest BCUT2D eigenvalue weighted by Gasteiger charge is 2.15. The van der Waals surface area contributed by atoms with Crippen molar-refractivity contribution in [2.75, 3.05) is 52.1 Å². The molecular weight excluding hydrogens is 493 g/mol. The summed E-state index contributed by atoms with van der Waals surface area (Å²) in [5.41, 5.74) is 2.67. The van der Waals surface area contributed by atoms with Crippen molar-refractivity contribution in [2.45, 2.75) is 44.5 Å². The third-order valence-electron chi connectivity index (χ3n) is 5.53. The molecule has 1 atom stereocenters. The summed E-state index contributed by atoms with van der Waals surface area (Å²) in [7, 11) is 2.22. The smallest absolute Gasteiger partial charge is 0.191 e. The van der Waals surface area contributed by atoms with Gasteiger partial charge in [0.1, 0.15) is 0 Å². The van der Waals surface area contributed by atoms with E-state index in [0.29, 0.717) is 0 Å². The van der Waals surface area contributed by atoms with Crippen LogP contribution < -0.4 is 10.6 Å². The molecule has 1 aromatic rings. The van der Waals surface area contributed by atoms with Crippen LogP contribution >= 0.6 is 35.7 Å². The maximum absolute atomic E-state index is 4.78. The molecule has 0 saturated carbocycles. The van der Waals surface area contributed by atoms with E-state index in [4.69, 9.17) is 4.99 Å². The van der Waals surface area contributed by atoms with E-state index < -0.39 is 0 Å². The number of benzene rings is 1. The maximum Gasteiger partial charge on any atom is 0.191 e. The van der Waals surface area contributed by atoms with E-state index in [1.807, 2.05) is 0 Å². The molecule has 1 aromatic carbocycles. The van der Waals surface area contributed by atoms with E-state index in [2.05, 4.69) is 70.4 Å². The quantitative estimate of drug-likeness (QED) is 0.321. The number of thioether (sulfide) groups is 1. The molecule has 5 nitrogen and oxygen atoms in total. The highest BCUT2D eigenvalue weighted by atomic mass is 127. The first kappa shape index (κ1) is 24.8. The zero-order chi connectivity index (χ0) is 19.6. The van der Waals surface area contributed by atoms with Crippen LogP contribution in [0.2, 0.25) is 0 Å². The lowest BCUT2D eigenvalue weighted by Gasteiger charge is -2.20. The Morgan fingerprint density at radius 3 is 2.59 bits per heavy atom. The second-order valence-corrected chi connectivity index (χ2v) is 9.37. The highest BCUT2D eigenvalue weighted by molar-refractivity contribution is 14.0. The van der Waals surface area contributed by atoms with E-state index in [1.165, 1.54) is 62.3 Å². The molecule has 2 N–H and O–H groups in total. The molecule has 1 unspecified atom stereocenters. The van der Waals surface area contributed by atoms with E-state index in [9.17, 15) is 0 Å². The van der Waals surface area contributed by atoms with Crippen molar-refractivity contribution in [1.82, 2.24) is 20.4 Å². The molecule has 0 amide bonds. The van der Waals surface area contributed by atoms with Crippen molar-refractivity contribution >= 4 is 41.7 Å². The molecule has 164 valence electrons. The highest BCUT2D eigenvalue weighted by Crippen LogP contribution is 2.25. The fraction of sp³-hybridized carbons (Fsp3) is 0.682. The number of rotatable bonds is 7. The van der Waals surface area contributed by atoms with Crippen LogP contribution in [0, 0.1) is 0 Å². The second kappa shape index (κ2) is 13.7. The Labute approximate surface area is 198 Å². The molecule has 29 heavy (non-hydrogen) atoms. The van der Waals surface area contributed by atoms with E-state index in [-0.39, 0.29) is 24.0 Å². The monoisotopic (exact) mass is 531 g/mol. The van der Waals surface area contributed by atoms with Crippen LogP contribution in [0.4, 0.5) is 0 Å². The van der Waals surface area contributed by atoms with Crippen LogP contribution in [-0.2, 0) is 13.1 Å². The van der Waals surface area contributed by atoms with Crippen LogP contribution in [0.15, 0.2) is 29.3 Å². The van der Waals surface area contributed by atoms with Gasteiger partial charge in [0, 0.05) is 38.0 Å². The number of hydrogen-bond donors (Lipinski definition) is 2. The number of nitrogens with one attached hydrogen (secondary N) is 2. The lowest BCUT2D eigenvalue weighted by atomic mass is 10.1. The SMILES string of the molecule is CCNC(=NCc1ccc(CN2CCCN(C)CC2)cc1)NCC1CCCS1.I. The molecule has 2 aliphatic rings. The zero-order valence-corrected chi connectivity index (χ0v) is 21.2. The minimum Gasteiger partial charge on any atom is -0.357 e. The third-order valence-corrected chi connectivity index (χ3v) is 6.92. The summed E-state index contributed by atoms with van der Waals surface area (Å²) in [5.74, 6) is 2.24. The molecule has 2 saturated heterocycles. The number of aliphatic imine (C=N–C) groups is 1. The van der Waals surface area contributed by atoms with Gasteiger partial charge >= 0.3 is 0 Å². The van der Waals surface area contributed by atoms with Gasteiger partial charge in [-0.1, -0.05) is 24.3 Å². The van der Waals surface area contributed by atoms with Crippen molar-refractivity contribution < 1.29 is 0 Å². The minimum atomic E-state index is 0. The zero-order valence-electron chi connectivity index (χ0n) is 18.0. The van der Waals surface area contributed by atoms with Gasteiger partial charge in [-0.3, -0.25) is 4.90 Å². The van der Waals surface area contributed by atoms with Gasteiger partial charge in [0.2, 0.25) is 0 Å². The molecule has 2 heterocycles. The first-order valence-electron chi connectivity index (χ1n) is 10.9. The Morgan fingerprint density at radius 2 is 1.86 bits per heavy atom. The van der Waals surface area contributed by atoms with Gasteiger partial charge in [-0.2, -0.15) is 11.8 Å². The van der Waals surface area contributed by atoms with Gasteiger partial charge in [0.05, 0.1) is 6.54 Å². The average Bonchev–Trinajstić information content (AvgIpc) is 3.14. The van der Waals surface area contributed by atoms with Gasteiger partial charge in [0.25, 0.3) is 0 Å². The Morgan fingerprint density at radius 1 is 1.07 bits per heavy atom. The summed E-state index contributed by atoms with van der Waals surface area (Å²) in [6.45, 7) is 10.6. The Hall–Kier alpha value is -0.510. The van der Waals surface area contributed by atoms with Gasteiger partial charge in [-0.25, -0.2) is 4.99 Å². The number of likely N-dealkylation sites (N-methyl/N-ethyl adjacent to an activating group) is 1. The first-order valence-corrected chi connectivity index (χ1v) is 11.9. The van der Waals surface area contributed by atoms with Crippen molar-refractivity contribution in [2.24, 2.45) is 4.99 Å². The largest absolute Gasteiger partial charge is 0.357 e. The molecule has 0 bridgehead atoms. The van der Waals surface area contributed by atoms with Gasteiger partial charge in [-0.15, -0.1) is 24.0 Å². The van der Waals surface area contributed by atoms with Crippen LogP contribution in [0.5, 0.6) is 0 Å². The molecule has 7 heteroatoms. The molecule has 0 aromatic heterocycles. The summed E-state index contributed by atoms with van der Waals surface area (Å²) >= 11 is 2.08. The van der Waals surface area contributed by atoms with Crippen LogP contribution in [0.3, 0.4) is 0 Å². The van der Waals surface area contributed by atoms with E-state index in [0.717, 1.165) is 37.4 Å². The number of guanidine groups is 1. The normalized spacial score (nSPS) is 21.4. The molecule has 3 rings (SSSR count). The summed E-state index contributed by atoms with van der Waals surface area (Å²) < 4.78 is 0. The van der Waals surface area contributed by atoms with Gasteiger partial charge in [0.15, 0.2) is 5.96 Å². The first-order chi connectivity index (χ1) is 13.7. The van der Waals surface area contributed by atoms with E-state index >= 15 is 0 Å². The fourth-order valence-corrected chi connectivity index (χ4v) is 5.00. The Balaban J connectivity index is 0.00000300. The number of hydrogen-bond acceptors (Lipinski definition) is 4. The number of halogens is 1. The molecule has 0 spiro atoms. The minimum absolute atomic E-state index is 0. The second-order valence-electron chi connectivity index (χ2n) is 7.96. The Kier molecular flexibility index (Phi) is 11.7. The molecule has 2 fully saturated rings.